The highest BCUT2D eigenvalue weighted by Gasteiger charge is 2.48. The van der Waals surface area contributed by atoms with E-state index in [0.29, 0.717) is 5.69 Å². The molecule has 0 radical (unpaired) electrons. The molecule has 1 aromatic carbocycles. The average molecular weight is 427 g/mol. The molecule has 2 unspecified atom stereocenters. The van der Waals surface area contributed by atoms with Crippen LogP contribution in [0.3, 0.4) is 0 Å². The van der Waals surface area contributed by atoms with Gasteiger partial charge in [0, 0.05) is 18.5 Å². The lowest BCUT2D eigenvalue weighted by Gasteiger charge is -2.30. The number of ether oxygens (including phenoxy) is 3. The molecule has 2 aromatic heterocycles. The molecule has 5 rings (SSSR count). The van der Waals surface area contributed by atoms with E-state index in [4.69, 9.17) is 18.7 Å². The molecule has 11 heteroatoms. The Morgan fingerprint density at radius 2 is 1.84 bits per heavy atom. The third-order valence-corrected chi connectivity index (χ3v) is 5.31. The third kappa shape index (κ3) is 2.96. The van der Waals surface area contributed by atoms with Gasteiger partial charge in [0.1, 0.15) is 5.69 Å². The molecule has 0 spiro atoms. The van der Waals surface area contributed by atoms with Crippen molar-refractivity contribution in [3.05, 3.63) is 30.5 Å². The molecule has 3 aromatic rings. The molecule has 31 heavy (non-hydrogen) atoms. The minimum atomic E-state index is -2.38. The first-order valence-corrected chi connectivity index (χ1v) is 9.56. The quantitative estimate of drug-likeness (QED) is 0.483. The molecule has 2 bridgehead atoms. The minimum absolute atomic E-state index is 0.0198. The van der Waals surface area contributed by atoms with Crippen LogP contribution in [0.4, 0.5) is 0 Å². The highest BCUT2D eigenvalue weighted by atomic mass is 16.6. The summed E-state index contributed by atoms with van der Waals surface area (Å²) in [5, 5.41) is 15.0. The Bertz CT molecular complexity index is 1230. The number of rotatable bonds is 3. The average Bonchev–Trinajstić information content (AvgIpc) is 3.33. The lowest BCUT2D eigenvalue weighted by Crippen LogP contribution is -2.48. The molecular weight excluding hydrogens is 410 g/mol. The zero-order chi connectivity index (χ0) is 21.9. The summed E-state index contributed by atoms with van der Waals surface area (Å²) in [6.07, 6.45) is 3.47. The summed E-state index contributed by atoms with van der Waals surface area (Å²) in [5.41, 5.74) is -1.80. The Morgan fingerprint density at radius 1 is 1.10 bits per heavy atom. The van der Waals surface area contributed by atoms with Gasteiger partial charge in [-0.3, -0.25) is 9.59 Å². The number of aliphatic hydroxyl groups is 1. The number of carbonyl (C=O) groups excluding carboxylic acids is 3. The van der Waals surface area contributed by atoms with E-state index in [-0.39, 0.29) is 40.2 Å². The number of aromatic nitrogens is 3. The van der Waals surface area contributed by atoms with Crippen LogP contribution in [0, 0.1) is 5.92 Å². The molecule has 1 N–H and O–H groups in total. The van der Waals surface area contributed by atoms with E-state index >= 15 is 0 Å². The van der Waals surface area contributed by atoms with E-state index in [1.807, 2.05) is 18.4 Å². The molecule has 0 saturated heterocycles. The van der Waals surface area contributed by atoms with Gasteiger partial charge in [0.05, 0.1) is 30.6 Å². The number of esters is 3. The monoisotopic (exact) mass is 427 g/mol. The van der Waals surface area contributed by atoms with Crippen LogP contribution in [0.2, 0.25) is 0 Å². The van der Waals surface area contributed by atoms with Crippen LogP contribution in [0.15, 0.2) is 29.3 Å². The first-order valence-electron chi connectivity index (χ1n) is 9.56. The number of hydrogen-bond acceptors (Lipinski definition) is 10. The minimum Gasteiger partial charge on any atom is -0.422 e. The maximum Gasteiger partial charge on any atom is 0.345 e. The topological polar surface area (TPSA) is 143 Å². The molecule has 0 aliphatic carbocycles. The summed E-state index contributed by atoms with van der Waals surface area (Å²) < 4.78 is 23.4. The lowest BCUT2D eigenvalue weighted by molar-refractivity contribution is -0.170. The van der Waals surface area contributed by atoms with Crippen molar-refractivity contribution in [2.75, 3.05) is 0 Å². The fourth-order valence-corrected chi connectivity index (χ4v) is 3.94. The van der Waals surface area contributed by atoms with Crippen molar-refractivity contribution in [3.63, 3.8) is 0 Å². The molecule has 2 aliphatic rings. The number of imidazole rings is 1. The second-order valence-corrected chi connectivity index (χ2v) is 7.90. The van der Waals surface area contributed by atoms with Crippen molar-refractivity contribution in [2.24, 2.45) is 5.92 Å². The Balaban J connectivity index is 1.80. The van der Waals surface area contributed by atoms with Gasteiger partial charge in [-0.2, -0.15) is 0 Å². The summed E-state index contributed by atoms with van der Waals surface area (Å²) in [7, 11) is 0. The summed E-state index contributed by atoms with van der Waals surface area (Å²) in [6.45, 7) is 3.94. The fourth-order valence-electron chi connectivity index (χ4n) is 3.94. The third-order valence-electron chi connectivity index (χ3n) is 5.31. The van der Waals surface area contributed by atoms with E-state index in [0.717, 1.165) is 0 Å². The van der Waals surface area contributed by atoms with Crippen LogP contribution in [0.1, 0.15) is 38.4 Å². The predicted molar refractivity (Wildman–Crippen MR) is 100 cm³/mol. The number of nitrogens with zero attached hydrogens (tertiary/aromatic N) is 3. The van der Waals surface area contributed by atoms with Gasteiger partial charge in [-0.15, -0.1) is 0 Å². The lowest BCUT2D eigenvalue weighted by atomic mass is 9.94. The summed E-state index contributed by atoms with van der Waals surface area (Å²) in [6, 6.07) is 0.979. The van der Waals surface area contributed by atoms with Crippen molar-refractivity contribution in [2.45, 2.75) is 38.3 Å². The van der Waals surface area contributed by atoms with Gasteiger partial charge >= 0.3 is 17.9 Å². The Labute approximate surface area is 174 Å². The largest absolute Gasteiger partial charge is 0.422 e. The summed E-state index contributed by atoms with van der Waals surface area (Å²) in [4.78, 5) is 41.5. The molecule has 4 heterocycles. The van der Waals surface area contributed by atoms with Crippen molar-refractivity contribution >= 4 is 28.9 Å². The van der Waals surface area contributed by atoms with Gasteiger partial charge < -0.3 is 28.4 Å². The maximum atomic E-state index is 12.6. The van der Waals surface area contributed by atoms with Gasteiger partial charge in [-0.1, -0.05) is 19.0 Å². The zero-order valence-electron chi connectivity index (χ0n) is 16.5. The Hall–Kier alpha value is -3.73. The molecule has 11 nitrogen and oxygen atoms in total. The smallest absolute Gasteiger partial charge is 0.345 e. The van der Waals surface area contributed by atoms with Crippen molar-refractivity contribution in [3.8, 4) is 17.2 Å². The summed E-state index contributed by atoms with van der Waals surface area (Å²) >= 11 is 0. The first kappa shape index (κ1) is 19.2. The van der Waals surface area contributed by atoms with E-state index < -0.39 is 36.4 Å². The second kappa shape index (κ2) is 6.64. The summed E-state index contributed by atoms with van der Waals surface area (Å²) in [5.74, 6) is -3.58. The van der Waals surface area contributed by atoms with Crippen LogP contribution in [0.5, 0.6) is 17.2 Å². The van der Waals surface area contributed by atoms with Crippen LogP contribution in [-0.2, 0) is 14.4 Å². The van der Waals surface area contributed by atoms with Crippen LogP contribution in [-0.4, -0.2) is 43.3 Å². The first-order chi connectivity index (χ1) is 14.8. The maximum absolute atomic E-state index is 12.6. The van der Waals surface area contributed by atoms with E-state index in [1.165, 1.54) is 6.07 Å². The van der Waals surface area contributed by atoms with Gasteiger partial charge in [0.25, 0.3) is 0 Å². The highest BCUT2D eigenvalue weighted by molar-refractivity contribution is 6.00. The number of hydrogen-bond donors (Lipinski definition) is 1. The van der Waals surface area contributed by atoms with Crippen molar-refractivity contribution in [1.82, 2.24) is 14.7 Å². The molecule has 0 amide bonds. The molecule has 2 aliphatic heterocycles. The molecule has 0 saturated carbocycles. The number of benzene rings is 1. The molecule has 160 valence electrons. The SMILES string of the molecule is CC(C)C(c1noc2cc3c4c(c12)OC(=O)CC(O)(CC(=O)O3)C(=O)O4)n1ccnc1. The van der Waals surface area contributed by atoms with E-state index in [2.05, 4.69) is 10.1 Å². The molecule has 0 fully saturated rings. The molecular formula is C20H17N3O8. The highest BCUT2D eigenvalue weighted by Crippen LogP contribution is 2.49. The van der Waals surface area contributed by atoms with Gasteiger partial charge in [-0.25, -0.2) is 9.78 Å². The Kier molecular flexibility index (Phi) is 4.12. The van der Waals surface area contributed by atoms with Crippen LogP contribution >= 0.6 is 0 Å². The van der Waals surface area contributed by atoms with E-state index in [1.54, 1.807) is 18.7 Å². The van der Waals surface area contributed by atoms with Gasteiger partial charge in [-0.05, 0) is 5.92 Å². The normalized spacial score (nSPS) is 21.7. The van der Waals surface area contributed by atoms with Crippen molar-refractivity contribution < 1.29 is 38.2 Å². The standard InChI is InChI=1S/C20H17N3O8/c1-9(2)16(23-4-3-21-8-23)15-14-10(31-22-15)5-11-17-18(14)29-13(25)7-20(27,19(26)30-17)6-12(24)28-11/h3-5,8-9,16,27H,6-7H2,1-2H3. The Morgan fingerprint density at radius 3 is 2.52 bits per heavy atom. The van der Waals surface area contributed by atoms with Crippen LogP contribution in [0.25, 0.3) is 11.0 Å². The molecule has 2 atom stereocenters. The predicted octanol–water partition coefficient (Wildman–Crippen LogP) is 1.52. The number of fused-ring (bicyclic) bond motifs is 4. The zero-order valence-corrected chi connectivity index (χ0v) is 16.5. The van der Waals surface area contributed by atoms with Crippen LogP contribution < -0.4 is 14.2 Å². The number of carbonyl (C=O) groups is 3. The van der Waals surface area contributed by atoms with E-state index in [9.17, 15) is 19.5 Å². The van der Waals surface area contributed by atoms with Crippen molar-refractivity contribution in [1.29, 1.82) is 0 Å². The fraction of sp³-hybridized carbons (Fsp3) is 0.350. The van der Waals surface area contributed by atoms with Gasteiger partial charge in [0.2, 0.25) is 5.75 Å². The second-order valence-electron chi connectivity index (χ2n) is 7.90. The van der Waals surface area contributed by atoms with Gasteiger partial charge in [0.15, 0.2) is 22.7 Å².